The Bertz CT molecular complexity index is 602. The molecule has 1 aromatic heterocycles. The van der Waals surface area contributed by atoms with E-state index in [-0.39, 0.29) is 23.8 Å². The number of imidazole rings is 1. The van der Waals surface area contributed by atoms with Crippen LogP contribution in [0.1, 0.15) is 70.4 Å². The summed E-state index contributed by atoms with van der Waals surface area (Å²) in [7, 11) is 1.90. The largest absolute Gasteiger partial charge is 0.348 e. The molecule has 2 aliphatic rings. The molecule has 27 heavy (non-hydrogen) atoms. The fourth-order valence-electron chi connectivity index (χ4n) is 4.53. The predicted octanol–water partition coefficient (Wildman–Crippen LogP) is 3.05. The Hall–Kier alpha value is -1.85. The molecule has 2 N–H and O–H groups in total. The summed E-state index contributed by atoms with van der Waals surface area (Å²) in [6.07, 6.45) is 13.6. The summed E-state index contributed by atoms with van der Waals surface area (Å²) in [4.78, 5) is 35.0. The lowest BCUT2D eigenvalue weighted by molar-refractivity contribution is -0.139. The fraction of sp³-hybridized carbons (Fsp3) is 0.762. The zero-order chi connectivity index (χ0) is 19.2. The van der Waals surface area contributed by atoms with Gasteiger partial charge in [-0.1, -0.05) is 26.2 Å². The van der Waals surface area contributed by atoms with Crippen molar-refractivity contribution in [2.75, 3.05) is 7.05 Å². The summed E-state index contributed by atoms with van der Waals surface area (Å²) < 4.78 is 0. The van der Waals surface area contributed by atoms with Gasteiger partial charge in [0, 0.05) is 37.3 Å². The average Bonchev–Trinajstić information content (AvgIpc) is 3.20. The maximum Gasteiger partial charge on any atom is 0.245 e. The van der Waals surface area contributed by atoms with Crippen LogP contribution >= 0.6 is 0 Å². The van der Waals surface area contributed by atoms with Crippen molar-refractivity contribution < 1.29 is 9.59 Å². The molecule has 1 aromatic rings. The van der Waals surface area contributed by atoms with Crippen LogP contribution in [0.3, 0.4) is 0 Å². The molecule has 1 heterocycles. The molecular weight excluding hydrogens is 340 g/mol. The van der Waals surface area contributed by atoms with Gasteiger partial charge in [0.15, 0.2) is 0 Å². The van der Waals surface area contributed by atoms with Crippen LogP contribution in [-0.4, -0.2) is 45.8 Å². The van der Waals surface area contributed by atoms with Gasteiger partial charge in [-0.3, -0.25) is 9.59 Å². The van der Waals surface area contributed by atoms with Gasteiger partial charge in [-0.2, -0.15) is 0 Å². The van der Waals surface area contributed by atoms with Crippen LogP contribution in [0.15, 0.2) is 12.5 Å². The first kappa shape index (κ1) is 19.9. The molecule has 2 saturated carbocycles. The number of amides is 2. The molecule has 2 aliphatic carbocycles. The molecule has 150 valence electrons. The van der Waals surface area contributed by atoms with E-state index in [9.17, 15) is 9.59 Å². The SMILES string of the molecule is CC1CCC(N(C)C(=O)[C@@H](Cc2cnc[nH]2)NC(=O)C2CCCCC2)CC1. The van der Waals surface area contributed by atoms with Crippen molar-refractivity contribution in [3.05, 3.63) is 18.2 Å². The number of aromatic nitrogens is 2. The summed E-state index contributed by atoms with van der Waals surface area (Å²) in [5.74, 6) is 0.861. The Morgan fingerprint density at radius 1 is 1.19 bits per heavy atom. The molecular formula is C21H34N4O2. The van der Waals surface area contributed by atoms with Gasteiger partial charge in [0.25, 0.3) is 0 Å². The molecule has 1 atom stereocenters. The van der Waals surface area contributed by atoms with Gasteiger partial charge >= 0.3 is 0 Å². The first-order valence-electron chi connectivity index (χ1n) is 10.6. The van der Waals surface area contributed by atoms with Gasteiger partial charge in [0.2, 0.25) is 11.8 Å². The van der Waals surface area contributed by atoms with E-state index in [1.807, 2.05) is 11.9 Å². The van der Waals surface area contributed by atoms with Crippen LogP contribution in [0, 0.1) is 11.8 Å². The van der Waals surface area contributed by atoms with Gasteiger partial charge in [0.1, 0.15) is 6.04 Å². The van der Waals surface area contributed by atoms with Crippen molar-refractivity contribution in [1.82, 2.24) is 20.2 Å². The Kier molecular flexibility index (Phi) is 6.91. The lowest BCUT2D eigenvalue weighted by Crippen LogP contribution is -2.53. The predicted molar refractivity (Wildman–Crippen MR) is 105 cm³/mol. The van der Waals surface area contributed by atoms with Crippen molar-refractivity contribution >= 4 is 11.8 Å². The summed E-state index contributed by atoms with van der Waals surface area (Å²) in [5.41, 5.74) is 0.878. The number of carbonyl (C=O) groups is 2. The fourth-order valence-corrected chi connectivity index (χ4v) is 4.53. The molecule has 0 spiro atoms. The molecule has 0 radical (unpaired) electrons. The topological polar surface area (TPSA) is 78.1 Å². The van der Waals surface area contributed by atoms with Gasteiger partial charge in [0.05, 0.1) is 6.33 Å². The maximum absolute atomic E-state index is 13.2. The monoisotopic (exact) mass is 374 g/mol. The van der Waals surface area contributed by atoms with E-state index in [0.29, 0.717) is 6.42 Å². The van der Waals surface area contributed by atoms with Crippen molar-refractivity contribution in [3.8, 4) is 0 Å². The summed E-state index contributed by atoms with van der Waals surface area (Å²) in [6, 6.07) is -0.242. The summed E-state index contributed by atoms with van der Waals surface area (Å²) >= 11 is 0. The second-order valence-electron chi connectivity index (χ2n) is 8.54. The minimum Gasteiger partial charge on any atom is -0.348 e. The minimum atomic E-state index is -0.524. The smallest absolute Gasteiger partial charge is 0.245 e. The number of carbonyl (C=O) groups excluding carboxylic acids is 2. The standard InChI is InChI=1S/C21H34N4O2/c1-15-8-10-18(11-9-15)25(2)21(27)19(12-17-13-22-14-23-17)24-20(26)16-6-4-3-5-7-16/h13-16,18-19H,3-12H2,1-2H3,(H,22,23)(H,24,26)/t15?,18?,19-/m1/s1. The Labute approximate surface area is 162 Å². The third kappa shape index (κ3) is 5.33. The number of hydrogen-bond donors (Lipinski definition) is 2. The normalized spacial score (nSPS) is 25.0. The Morgan fingerprint density at radius 2 is 1.89 bits per heavy atom. The second kappa shape index (κ2) is 9.38. The van der Waals surface area contributed by atoms with Crippen LogP contribution in [0.5, 0.6) is 0 Å². The number of nitrogens with zero attached hydrogens (tertiary/aromatic N) is 2. The zero-order valence-corrected chi connectivity index (χ0v) is 16.7. The van der Waals surface area contributed by atoms with Gasteiger partial charge in [-0.15, -0.1) is 0 Å². The molecule has 0 aromatic carbocycles. The molecule has 2 fully saturated rings. The van der Waals surface area contributed by atoms with E-state index >= 15 is 0 Å². The minimum absolute atomic E-state index is 0.0216. The number of likely N-dealkylation sites (N-methyl/N-ethyl adjacent to an activating group) is 1. The van der Waals surface area contributed by atoms with E-state index < -0.39 is 6.04 Å². The van der Waals surface area contributed by atoms with Gasteiger partial charge in [-0.05, 0) is 44.4 Å². The van der Waals surface area contributed by atoms with E-state index in [1.165, 1.54) is 19.3 Å². The molecule has 0 unspecified atom stereocenters. The summed E-state index contributed by atoms with van der Waals surface area (Å²) in [5, 5.41) is 3.08. The second-order valence-corrected chi connectivity index (χ2v) is 8.54. The molecule has 6 heteroatoms. The van der Waals surface area contributed by atoms with Crippen molar-refractivity contribution in [1.29, 1.82) is 0 Å². The molecule has 0 aliphatic heterocycles. The van der Waals surface area contributed by atoms with Crippen LogP contribution in [0.4, 0.5) is 0 Å². The highest BCUT2D eigenvalue weighted by Crippen LogP contribution is 2.27. The lowest BCUT2D eigenvalue weighted by atomic mass is 9.86. The van der Waals surface area contributed by atoms with E-state index in [0.717, 1.165) is 50.1 Å². The molecule has 3 rings (SSSR count). The zero-order valence-electron chi connectivity index (χ0n) is 16.7. The van der Waals surface area contributed by atoms with Crippen LogP contribution in [0.25, 0.3) is 0 Å². The lowest BCUT2D eigenvalue weighted by Gasteiger charge is -2.36. The van der Waals surface area contributed by atoms with E-state index in [4.69, 9.17) is 0 Å². The highest BCUT2D eigenvalue weighted by atomic mass is 16.2. The maximum atomic E-state index is 13.2. The highest BCUT2D eigenvalue weighted by molar-refractivity contribution is 5.88. The van der Waals surface area contributed by atoms with Crippen LogP contribution < -0.4 is 5.32 Å². The Balaban J connectivity index is 1.66. The molecule has 0 bridgehead atoms. The van der Waals surface area contributed by atoms with E-state index in [1.54, 1.807) is 12.5 Å². The van der Waals surface area contributed by atoms with Crippen molar-refractivity contribution in [2.45, 2.75) is 83.2 Å². The molecule has 0 saturated heterocycles. The van der Waals surface area contributed by atoms with Gasteiger partial charge < -0.3 is 15.2 Å². The number of aromatic amines is 1. The number of H-pyrrole nitrogens is 1. The Morgan fingerprint density at radius 3 is 2.52 bits per heavy atom. The third-order valence-electron chi connectivity index (χ3n) is 6.45. The number of hydrogen-bond acceptors (Lipinski definition) is 3. The quantitative estimate of drug-likeness (QED) is 0.803. The van der Waals surface area contributed by atoms with Crippen LogP contribution in [-0.2, 0) is 16.0 Å². The first-order valence-corrected chi connectivity index (χ1v) is 10.6. The van der Waals surface area contributed by atoms with Crippen molar-refractivity contribution in [2.24, 2.45) is 11.8 Å². The van der Waals surface area contributed by atoms with Crippen LogP contribution in [0.2, 0.25) is 0 Å². The number of nitrogens with one attached hydrogen (secondary N) is 2. The van der Waals surface area contributed by atoms with Gasteiger partial charge in [-0.25, -0.2) is 4.98 Å². The number of rotatable bonds is 6. The average molecular weight is 375 g/mol. The first-order chi connectivity index (χ1) is 13.0. The van der Waals surface area contributed by atoms with Crippen molar-refractivity contribution in [3.63, 3.8) is 0 Å². The molecule has 6 nitrogen and oxygen atoms in total. The third-order valence-corrected chi connectivity index (χ3v) is 6.45. The summed E-state index contributed by atoms with van der Waals surface area (Å²) in [6.45, 7) is 2.28. The highest BCUT2D eigenvalue weighted by Gasteiger charge is 2.32. The molecule has 2 amide bonds. The van der Waals surface area contributed by atoms with E-state index in [2.05, 4.69) is 22.2 Å².